The van der Waals surface area contributed by atoms with Gasteiger partial charge in [0.2, 0.25) is 0 Å². The summed E-state index contributed by atoms with van der Waals surface area (Å²) in [5.74, 6) is 1.33. The van der Waals surface area contributed by atoms with Crippen LogP contribution in [0.4, 0.5) is 0 Å². The van der Waals surface area contributed by atoms with Crippen LogP contribution in [-0.4, -0.2) is 5.54 Å². The quantitative estimate of drug-likeness (QED) is 0.725. The van der Waals surface area contributed by atoms with E-state index >= 15 is 0 Å². The van der Waals surface area contributed by atoms with Crippen molar-refractivity contribution < 1.29 is 0 Å². The van der Waals surface area contributed by atoms with Crippen molar-refractivity contribution >= 4 is 0 Å². The van der Waals surface area contributed by atoms with Crippen LogP contribution < -0.4 is 0 Å². The minimum Gasteiger partial charge on any atom is -0.186 e. The molecule has 1 heterocycles. The zero-order valence-corrected chi connectivity index (χ0v) is 14.4. The summed E-state index contributed by atoms with van der Waals surface area (Å²) in [5.41, 5.74) is 2.61. The van der Waals surface area contributed by atoms with E-state index in [4.69, 9.17) is 10.2 Å². The molecule has 0 aromatic heterocycles. The van der Waals surface area contributed by atoms with Gasteiger partial charge in [0.05, 0.1) is 5.54 Å². The number of rotatable bonds is 3. The van der Waals surface area contributed by atoms with Gasteiger partial charge >= 0.3 is 0 Å². The van der Waals surface area contributed by atoms with Crippen molar-refractivity contribution in [3.8, 4) is 0 Å². The molecule has 3 aliphatic rings. The molecule has 5 rings (SSSR count). The highest BCUT2D eigenvalue weighted by Gasteiger charge is 2.78. The van der Waals surface area contributed by atoms with E-state index in [2.05, 4.69) is 74.5 Å². The maximum absolute atomic E-state index is 5.03. The van der Waals surface area contributed by atoms with Gasteiger partial charge in [0.1, 0.15) is 5.54 Å². The van der Waals surface area contributed by atoms with E-state index in [-0.39, 0.29) is 16.5 Å². The Balaban J connectivity index is 1.70. The maximum atomic E-state index is 5.03. The number of hydrogen-bond acceptors (Lipinski definition) is 2. The van der Waals surface area contributed by atoms with Crippen LogP contribution >= 0.6 is 0 Å². The molecule has 122 valence electrons. The van der Waals surface area contributed by atoms with Crippen LogP contribution in [0.5, 0.6) is 0 Å². The molecule has 0 amide bonds. The number of nitrogens with zero attached hydrogens (tertiary/aromatic N) is 2. The first-order valence-corrected chi connectivity index (χ1v) is 9.15. The first-order chi connectivity index (χ1) is 11.6. The standard InChI is InChI=1S/C22H24N2/c1-20(15-16-9-5-3-6-10-16)21(2)18-13-14-19(18)22(20,24-23-21)17-11-7-4-8-12-17/h3-12,18-19H,13-15H2,1-2H3/t18-,19+,20+,21+,22-/m0/s1. The van der Waals surface area contributed by atoms with E-state index in [1.165, 1.54) is 24.0 Å². The topological polar surface area (TPSA) is 24.7 Å². The smallest absolute Gasteiger partial charge is 0.118 e. The van der Waals surface area contributed by atoms with Crippen LogP contribution in [0.1, 0.15) is 37.8 Å². The fourth-order valence-corrected chi connectivity index (χ4v) is 6.03. The van der Waals surface area contributed by atoms with Gasteiger partial charge in [-0.1, -0.05) is 67.6 Å². The van der Waals surface area contributed by atoms with E-state index in [0.29, 0.717) is 11.8 Å². The summed E-state index contributed by atoms with van der Waals surface area (Å²) in [6, 6.07) is 21.9. The third-order valence-corrected chi connectivity index (χ3v) is 7.52. The molecule has 2 nitrogen and oxygen atoms in total. The Morgan fingerprint density at radius 3 is 2.08 bits per heavy atom. The molecule has 2 aromatic carbocycles. The van der Waals surface area contributed by atoms with Crippen LogP contribution in [0.2, 0.25) is 0 Å². The van der Waals surface area contributed by atoms with Crippen LogP contribution in [0, 0.1) is 17.3 Å². The lowest BCUT2D eigenvalue weighted by Gasteiger charge is -2.45. The van der Waals surface area contributed by atoms with Gasteiger partial charge < -0.3 is 0 Å². The molecular weight excluding hydrogens is 292 g/mol. The van der Waals surface area contributed by atoms with E-state index in [9.17, 15) is 0 Å². The largest absolute Gasteiger partial charge is 0.186 e. The average Bonchev–Trinajstić information content (AvgIpc) is 2.83. The molecule has 2 aromatic rings. The lowest BCUT2D eigenvalue weighted by molar-refractivity contribution is 0.0898. The molecule has 0 unspecified atom stereocenters. The molecule has 5 atom stereocenters. The lowest BCUT2D eigenvalue weighted by atomic mass is 9.60. The monoisotopic (exact) mass is 316 g/mol. The lowest BCUT2D eigenvalue weighted by Crippen LogP contribution is -2.47. The predicted molar refractivity (Wildman–Crippen MR) is 95.8 cm³/mol. The first kappa shape index (κ1) is 14.4. The van der Waals surface area contributed by atoms with Crippen molar-refractivity contribution in [2.45, 2.75) is 44.2 Å². The summed E-state index contributed by atoms with van der Waals surface area (Å²) in [7, 11) is 0. The van der Waals surface area contributed by atoms with Crippen molar-refractivity contribution in [3.63, 3.8) is 0 Å². The molecule has 2 bridgehead atoms. The van der Waals surface area contributed by atoms with Gasteiger partial charge in [-0.15, -0.1) is 0 Å². The van der Waals surface area contributed by atoms with Gasteiger partial charge in [0.15, 0.2) is 0 Å². The zero-order valence-electron chi connectivity index (χ0n) is 14.4. The van der Waals surface area contributed by atoms with Gasteiger partial charge in [-0.2, -0.15) is 10.2 Å². The normalized spacial score (nSPS) is 41.9. The highest BCUT2D eigenvalue weighted by atomic mass is 15.3. The van der Waals surface area contributed by atoms with Crippen molar-refractivity contribution in [2.75, 3.05) is 0 Å². The summed E-state index contributed by atoms with van der Waals surface area (Å²) in [6.07, 6.45) is 3.64. The van der Waals surface area contributed by atoms with E-state index in [1.54, 1.807) is 0 Å². The molecule has 0 N–H and O–H groups in total. The van der Waals surface area contributed by atoms with Crippen LogP contribution in [0.15, 0.2) is 70.9 Å². The minimum atomic E-state index is -0.151. The molecule has 0 radical (unpaired) electrons. The second-order valence-electron chi connectivity index (χ2n) is 8.26. The van der Waals surface area contributed by atoms with E-state index < -0.39 is 0 Å². The van der Waals surface area contributed by atoms with Crippen molar-refractivity contribution in [1.29, 1.82) is 0 Å². The van der Waals surface area contributed by atoms with Gasteiger partial charge in [-0.05, 0) is 49.1 Å². The molecule has 0 spiro atoms. The fraction of sp³-hybridized carbons (Fsp3) is 0.455. The van der Waals surface area contributed by atoms with Crippen molar-refractivity contribution in [3.05, 3.63) is 71.8 Å². The average molecular weight is 316 g/mol. The Morgan fingerprint density at radius 1 is 0.833 bits per heavy atom. The second-order valence-corrected chi connectivity index (χ2v) is 8.26. The van der Waals surface area contributed by atoms with E-state index in [1.807, 2.05) is 0 Å². The van der Waals surface area contributed by atoms with Gasteiger partial charge in [0.25, 0.3) is 0 Å². The summed E-state index contributed by atoms with van der Waals surface area (Å²) in [6.45, 7) is 4.82. The summed E-state index contributed by atoms with van der Waals surface area (Å²) in [5, 5.41) is 9.98. The maximum Gasteiger partial charge on any atom is 0.118 e. The first-order valence-electron chi connectivity index (χ1n) is 9.15. The molecule has 2 aliphatic carbocycles. The highest BCUT2D eigenvalue weighted by Crippen LogP contribution is 2.76. The molecule has 0 saturated heterocycles. The summed E-state index contributed by atoms with van der Waals surface area (Å²) in [4.78, 5) is 0. The molecular formula is C22H24N2. The van der Waals surface area contributed by atoms with Crippen LogP contribution in [0.3, 0.4) is 0 Å². The SMILES string of the molecule is C[C@@]1(Cc2ccccc2)[C@]2(C)N=N[C@@]1(c1ccccc1)[C@@H]1CC[C@@H]12. The molecule has 24 heavy (non-hydrogen) atoms. The number of azo groups is 1. The van der Waals surface area contributed by atoms with Gasteiger partial charge in [-0.3, -0.25) is 0 Å². The van der Waals surface area contributed by atoms with Crippen molar-refractivity contribution in [1.82, 2.24) is 0 Å². The Morgan fingerprint density at radius 2 is 1.46 bits per heavy atom. The number of benzene rings is 2. The Kier molecular flexibility index (Phi) is 2.73. The zero-order chi connectivity index (χ0) is 16.4. The Labute approximate surface area is 144 Å². The summed E-state index contributed by atoms with van der Waals surface area (Å²) >= 11 is 0. The number of fused-ring (bicyclic) bond motifs is 5. The third-order valence-electron chi connectivity index (χ3n) is 7.52. The van der Waals surface area contributed by atoms with Crippen LogP contribution in [0.25, 0.3) is 0 Å². The molecule has 1 aliphatic heterocycles. The van der Waals surface area contributed by atoms with Gasteiger partial charge in [-0.25, -0.2) is 0 Å². The van der Waals surface area contributed by atoms with Crippen LogP contribution in [-0.2, 0) is 12.0 Å². The van der Waals surface area contributed by atoms with Gasteiger partial charge in [0, 0.05) is 5.41 Å². The van der Waals surface area contributed by atoms with E-state index in [0.717, 1.165) is 6.42 Å². The minimum absolute atomic E-state index is 0.0363. The fourth-order valence-electron chi connectivity index (χ4n) is 6.03. The third kappa shape index (κ3) is 1.44. The predicted octanol–water partition coefficient (Wildman–Crippen LogP) is 5.40. The summed E-state index contributed by atoms with van der Waals surface area (Å²) < 4.78 is 0. The highest BCUT2D eigenvalue weighted by molar-refractivity contribution is 5.42. The Bertz CT molecular complexity index is 799. The molecule has 2 heteroatoms. The van der Waals surface area contributed by atoms with Crippen molar-refractivity contribution in [2.24, 2.45) is 27.5 Å². The number of hydrogen-bond donors (Lipinski definition) is 0. The molecule has 2 saturated carbocycles. The molecule has 2 fully saturated rings. The Hall–Kier alpha value is -1.96. The second kappa shape index (κ2) is 4.56.